The molecule has 0 radical (unpaired) electrons. The topological polar surface area (TPSA) is 59.2 Å². The normalized spacial score (nSPS) is 13.3. The van der Waals surface area contributed by atoms with Crippen molar-refractivity contribution in [1.82, 2.24) is 9.88 Å². The highest BCUT2D eigenvalue weighted by Gasteiger charge is 2.23. The van der Waals surface area contributed by atoms with Crippen LogP contribution in [0.15, 0.2) is 47.6 Å². The minimum Gasteiger partial charge on any atom is -0.399 e. The number of nitrogens with two attached hydrogens (primary N) is 1. The number of pyridine rings is 1. The van der Waals surface area contributed by atoms with E-state index >= 15 is 0 Å². The van der Waals surface area contributed by atoms with Gasteiger partial charge in [-0.2, -0.15) is 0 Å². The van der Waals surface area contributed by atoms with Gasteiger partial charge in [0.1, 0.15) is 0 Å². The van der Waals surface area contributed by atoms with E-state index in [4.69, 9.17) is 5.73 Å². The number of fused-ring (bicyclic) bond motifs is 1. The Morgan fingerprint density at radius 2 is 2.10 bits per heavy atom. The maximum atomic E-state index is 12.2. The molecule has 20 heavy (non-hydrogen) atoms. The number of anilines is 1. The number of aromatic nitrogens is 1. The van der Waals surface area contributed by atoms with E-state index in [1.54, 1.807) is 6.20 Å². The first kappa shape index (κ1) is 13.0. The van der Waals surface area contributed by atoms with Crippen LogP contribution in [0.1, 0.15) is 11.1 Å². The van der Waals surface area contributed by atoms with Gasteiger partial charge < -0.3 is 10.6 Å². The summed E-state index contributed by atoms with van der Waals surface area (Å²) in [6, 6.07) is 11.5. The monoisotopic (exact) mass is 285 g/mol. The van der Waals surface area contributed by atoms with Crippen LogP contribution < -0.4 is 5.73 Å². The molecule has 2 heterocycles. The summed E-state index contributed by atoms with van der Waals surface area (Å²) in [5.41, 5.74) is 8.87. The SMILES string of the molecule is Nc1ccc2c(c1)CN(C(=O)CSc1ccccn1)C2. The quantitative estimate of drug-likeness (QED) is 0.694. The summed E-state index contributed by atoms with van der Waals surface area (Å²) in [4.78, 5) is 18.3. The predicted molar refractivity (Wildman–Crippen MR) is 80.1 cm³/mol. The molecule has 0 atom stereocenters. The van der Waals surface area contributed by atoms with Crippen molar-refractivity contribution in [3.8, 4) is 0 Å². The predicted octanol–water partition coefficient (Wildman–Crippen LogP) is 2.30. The number of thioether (sulfide) groups is 1. The third kappa shape index (κ3) is 2.77. The van der Waals surface area contributed by atoms with Crippen molar-refractivity contribution in [3.05, 3.63) is 53.7 Å². The van der Waals surface area contributed by atoms with Crippen molar-refractivity contribution in [2.75, 3.05) is 11.5 Å². The Hall–Kier alpha value is -2.01. The van der Waals surface area contributed by atoms with Gasteiger partial charge in [0.15, 0.2) is 0 Å². The Labute approximate surface area is 122 Å². The summed E-state index contributed by atoms with van der Waals surface area (Å²) in [7, 11) is 0. The average Bonchev–Trinajstić information content (AvgIpc) is 2.89. The molecule has 0 saturated heterocycles. The molecule has 1 aliphatic heterocycles. The van der Waals surface area contributed by atoms with Crippen molar-refractivity contribution in [2.45, 2.75) is 18.1 Å². The lowest BCUT2D eigenvalue weighted by Gasteiger charge is -2.14. The molecule has 1 aliphatic rings. The van der Waals surface area contributed by atoms with Crippen LogP contribution in [0.3, 0.4) is 0 Å². The average molecular weight is 285 g/mol. The van der Waals surface area contributed by atoms with E-state index in [0.717, 1.165) is 16.3 Å². The van der Waals surface area contributed by atoms with Gasteiger partial charge in [0, 0.05) is 25.0 Å². The van der Waals surface area contributed by atoms with Gasteiger partial charge in [-0.25, -0.2) is 4.98 Å². The first-order valence-corrected chi connectivity index (χ1v) is 7.40. The fourth-order valence-electron chi connectivity index (χ4n) is 2.25. The molecule has 3 rings (SSSR count). The van der Waals surface area contributed by atoms with Crippen LogP contribution in [-0.2, 0) is 17.9 Å². The molecule has 0 spiro atoms. The van der Waals surface area contributed by atoms with E-state index in [1.807, 2.05) is 41.3 Å². The van der Waals surface area contributed by atoms with E-state index in [2.05, 4.69) is 4.98 Å². The van der Waals surface area contributed by atoms with Gasteiger partial charge in [0.05, 0.1) is 10.8 Å². The Balaban J connectivity index is 1.60. The van der Waals surface area contributed by atoms with Crippen LogP contribution in [0.5, 0.6) is 0 Å². The maximum Gasteiger partial charge on any atom is 0.233 e. The lowest BCUT2D eigenvalue weighted by Crippen LogP contribution is -2.26. The zero-order valence-electron chi connectivity index (χ0n) is 11.0. The maximum absolute atomic E-state index is 12.2. The summed E-state index contributed by atoms with van der Waals surface area (Å²) < 4.78 is 0. The van der Waals surface area contributed by atoms with Crippen LogP contribution >= 0.6 is 11.8 Å². The number of benzene rings is 1. The van der Waals surface area contributed by atoms with Crippen LogP contribution in [-0.4, -0.2) is 21.5 Å². The zero-order valence-corrected chi connectivity index (χ0v) is 11.8. The highest BCUT2D eigenvalue weighted by atomic mass is 32.2. The lowest BCUT2D eigenvalue weighted by atomic mass is 10.1. The number of nitrogen functional groups attached to an aromatic ring is 1. The molecular formula is C15H15N3OS. The molecule has 0 saturated carbocycles. The van der Waals surface area contributed by atoms with E-state index in [-0.39, 0.29) is 5.91 Å². The summed E-state index contributed by atoms with van der Waals surface area (Å²) >= 11 is 1.47. The highest BCUT2D eigenvalue weighted by Crippen LogP contribution is 2.26. The van der Waals surface area contributed by atoms with E-state index in [9.17, 15) is 4.79 Å². The number of amides is 1. The molecule has 1 amide bonds. The van der Waals surface area contributed by atoms with Gasteiger partial charge in [-0.15, -0.1) is 0 Å². The minimum absolute atomic E-state index is 0.135. The second kappa shape index (κ2) is 5.54. The molecule has 1 aromatic heterocycles. The minimum atomic E-state index is 0.135. The number of hydrogen-bond donors (Lipinski definition) is 1. The second-order valence-electron chi connectivity index (χ2n) is 4.73. The van der Waals surface area contributed by atoms with Crippen LogP contribution in [0.4, 0.5) is 5.69 Å². The second-order valence-corrected chi connectivity index (χ2v) is 5.73. The van der Waals surface area contributed by atoms with E-state index in [0.29, 0.717) is 18.8 Å². The molecule has 102 valence electrons. The number of hydrogen-bond acceptors (Lipinski definition) is 4. The van der Waals surface area contributed by atoms with E-state index in [1.165, 1.54) is 17.3 Å². The third-order valence-corrected chi connectivity index (χ3v) is 4.22. The van der Waals surface area contributed by atoms with Crippen LogP contribution in [0, 0.1) is 0 Å². The van der Waals surface area contributed by atoms with Crippen molar-refractivity contribution in [3.63, 3.8) is 0 Å². The fraction of sp³-hybridized carbons (Fsp3) is 0.200. The molecule has 0 bridgehead atoms. The highest BCUT2D eigenvalue weighted by molar-refractivity contribution is 7.99. The largest absolute Gasteiger partial charge is 0.399 e. The summed E-state index contributed by atoms with van der Waals surface area (Å²) in [5.74, 6) is 0.552. The molecule has 5 heteroatoms. The molecule has 2 N–H and O–H groups in total. The first-order valence-electron chi connectivity index (χ1n) is 6.41. The standard InChI is InChI=1S/C15H15N3OS/c16-13-5-4-11-8-18(9-12(11)7-13)15(19)10-20-14-3-1-2-6-17-14/h1-7H,8-10,16H2. The molecular weight excluding hydrogens is 270 g/mol. The van der Waals surface area contributed by atoms with Gasteiger partial charge in [0.25, 0.3) is 0 Å². The van der Waals surface area contributed by atoms with Gasteiger partial charge >= 0.3 is 0 Å². The number of nitrogens with zero attached hydrogens (tertiary/aromatic N) is 2. The van der Waals surface area contributed by atoms with Crippen molar-refractivity contribution < 1.29 is 4.79 Å². The Kier molecular flexibility index (Phi) is 3.60. The molecule has 1 aromatic carbocycles. The first-order chi connectivity index (χ1) is 9.72. The van der Waals surface area contributed by atoms with Crippen molar-refractivity contribution >= 4 is 23.4 Å². The molecule has 0 unspecified atom stereocenters. The fourth-order valence-corrected chi connectivity index (χ4v) is 3.01. The molecule has 0 aliphatic carbocycles. The zero-order chi connectivity index (χ0) is 13.9. The van der Waals surface area contributed by atoms with E-state index < -0.39 is 0 Å². The summed E-state index contributed by atoms with van der Waals surface area (Å²) in [6.45, 7) is 1.33. The summed E-state index contributed by atoms with van der Waals surface area (Å²) in [5, 5.41) is 0.877. The number of carbonyl (C=O) groups is 1. The van der Waals surface area contributed by atoms with Crippen molar-refractivity contribution in [1.29, 1.82) is 0 Å². The van der Waals surface area contributed by atoms with Gasteiger partial charge in [0.2, 0.25) is 5.91 Å². The number of rotatable bonds is 3. The van der Waals surface area contributed by atoms with Crippen LogP contribution in [0.2, 0.25) is 0 Å². The Morgan fingerprint density at radius 3 is 2.90 bits per heavy atom. The third-order valence-electron chi connectivity index (χ3n) is 3.29. The van der Waals surface area contributed by atoms with Gasteiger partial charge in [-0.1, -0.05) is 23.9 Å². The van der Waals surface area contributed by atoms with Gasteiger partial charge in [-0.3, -0.25) is 4.79 Å². The molecule has 4 nitrogen and oxygen atoms in total. The Bertz CT molecular complexity index is 630. The van der Waals surface area contributed by atoms with Gasteiger partial charge in [-0.05, 0) is 35.4 Å². The summed E-state index contributed by atoms with van der Waals surface area (Å²) in [6.07, 6.45) is 1.74. The smallest absolute Gasteiger partial charge is 0.233 e. The Morgan fingerprint density at radius 1 is 1.25 bits per heavy atom. The molecule has 2 aromatic rings. The number of carbonyl (C=O) groups excluding carboxylic acids is 1. The van der Waals surface area contributed by atoms with Crippen LogP contribution in [0.25, 0.3) is 0 Å². The lowest BCUT2D eigenvalue weighted by molar-refractivity contribution is -0.128. The van der Waals surface area contributed by atoms with Crippen molar-refractivity contribution in [2.24, 2.45) is 0 Å². The molecule has 0 fully saturated rings.